The minimum Gasteiger partial charge on any atom is -0.475 e. The number of nitrogens with zero attached hydrogens (tertiary/aromatic N) is 4. The predicted molar refractivity (Wildman–Crippen MR) is 111 cm³/mol. The van der Waals surface area contributed by atoms with Gasteiger partial charge < -0.3 is 15.0 Å². The molecule has 1 saturated carbocycles. The van der Waals surface area contributed by atoms with Crippen LogP contribution in [0, 0.1) is 11.6 Å². The molecule has 1 aliphatic heterocycles. The molecule has 0 radical (unpaired) electrons. The van der Waals surface area contributed by atoms with Crippen molar-refractivity contribution in [1.29, 1.82) is 0 Å². The normalized spacial score (nSPS) is 17.4. The van der Waals surface area contributed by atoms with E-state index in [1.165, 1.54) is 25.0 Å². The maximum Gasteiger partial charge on any atom is 0.490 e. The Morgan fingerprint density at radius 2 is 1.85 bits per heavy atom. The molecule has 2 N–H and O–H groups in total. The lowest BCUT2D eigenvalue weighted by Gasteiger charge is -2.25. The summed E-state index contributed by atoms with van der Waals surface area (Å²) in [4.78, 5) is 22.1. The maximum absolute atomic E-state index is 14.1. The molecule has 0 bridgehead atoms. The molecule has 1 aliphatic carbocycles. The molecule has 5 rings (SSSR count). The van der Waals surface area contributed by atoms with E-state index in [0.717, 1.165) is 42.8 Å². The van der Waals surface area contributed by atoms with Crippen LogP contribution in [0.25, 0.3) is 11.3 Å². The summed E-state index contributed by atoms with van der Waals surface area (Å²) in [6.07, 6.45) is 2.51. The van der Waals surface area contributed by atoms with Gasteiger partial charge >= 0.3 is 12.1 Å². The van der Waals surface area contributed by atoms with Crippen LogP contribution in [-0.4, -0.2) is 42.8 Å². The fraction of sp³-hybridized carbons (Fsp3) is 0.364. The number of alkyl halides is 3. The van der Waals surface area contributed by atoms with Gasteiger partial charge in [-0.05, 0) is 31.4 Å². The molecular weight excluding hydrogens is 461 g/mol. The Balaban J connectivity index is 0.000000344. The first kappa shape index (κ1) is 23.6. The van der Waals surface area contributed by atoms with Gasteiger partial charge in [-0.25, -0.2) is 28.5 Å². The quantitative estimate of drug-likeness (QED) is 0.531. The average Bonchev–Trinajstić information content (AvgIpc) is 3.53. The van der Waals surface area contributed by atoms with E-state index in [0.29, 0.717) is 17.2 Å². The Bertz CT molecular complexity index is 1190. The number of aryl methyl sites for hydroxylation is 1. The SMILES string of the molecule is Fc1ccc(-c2cn3c(n2)CCC(Nc2cc(C4CC4)ncn2)C3)c(F)c1.O=C(O)C(F)(F)F. The molecule has 3 heterocycles. The third-order valence-corrected chi connectivity index (χ3v) is 5.48. The van der Waals surface area contributed by atoms with Crippen molar-refractivity contribution in [1.82, 2.24) is 19.5 Å². The summed E-state index contributed by atoms with van der Waals surface area (Å²) >= 11 is 0. The number of halogens is 5. The molecule has 0 amide bonds. The van der Waals surface area contributed by atoms with Crippen LogP contribution in [0.1, 0.15) is 36.7 Å². The molecule has 12 heteroatoms. The number of aliphatic carboxylic acids is 1. The largest absolute Gasteiger partial charge is 0.490 e. The number of benzene rings is 1. The zero-order chi connectivity index (χ0) is 24.5. The van der Waals surface area contributed by atoms with Crippen LogP contribution in [0.5, 0.6) is 0 Å². The Kier molecular flexibility index (Phi) is 6.49. The number of aromatic nitrogens is 4. The molecule has 3 aromatic rings. The van der Waals surface area contributed by atoms with Crippen LogP contribution in [0.3, 0.4) is 0 Å². The highest BCUT2D eigenvalue weighted by Crippen LogP contribution is 2.39. The molecule has 7 nitrogen and oxygen atoms in total. The van der Waals surface area contributed by atoms with E-state index in [4.69, 9.17) is 9.90 Å². The maximum atomic E-state index is 14.1. The van der Waals surface area contributed by atoms with E-state index in [1.54, 1.807) is 6.33 Å². The highest BCUT2D eigenvalue weighted by molar-refractivity contribution is 5.73. The minimum absolute atomic E-state index is 0.222. The monoisotopic (exact) mass is 481 g/mol. The van der Waals surface area contributed by atoms with Crippen LogP contribution in [0.2, 0.25) is 0 Å². The molecule has 180 valence electrons. The number of fused-ring (bicyclic) bond motifs is 1. The minimum atomic E-state index is -5.08. The van der Waals surface area contributed by atoms with Gasteiger partial charge in [0, 0.05) is 54.5 Å². The van der Waals surface area contributed by atoms with Gasteiger partial charge in [0.1, 0.15) is 29.6 Å². The summed E-state index contributed by atoms with van der Waals surface area (Å²) in [7, 11) is 0. The molecule has 0 saturated heterocycles. The lowest BCUT2D eigenvalue weighted by atomic mass is 10.1. The Morgan fingerprint density at radius 1 is 1.12 bits per heavy atom. The molecule has 2 aliphatic rings. The van der Waals surface area contributed by atoms with Crippen molar-refractivity contribution in [3.05, 3.63) is 59.9 Å². The van der Waals surface area contributed by atoms with E-state index >= 15 is 0 Å². The first-order valence-electron chi connectivity index (χ1n) is 10.5. The topological polar surface area (TPSA) is 92.9 Å². The number of carboxylic acids is 1. The molecule has 2 aromatic heterocycles. The second-order valence-corrected chi connectivity index (χ2v) is 8.10. The first-order valence-corrected chi connectivity index (χ1v) is 10.5. The Labute approximate surface area is 190 Å². The molecule has 1 fully saturated rings. The van der Waals surface area contributed by atoms with Crippen molar-refractivity contribution in [2.24, 2.45) is 0 Å². The lowest BCUT2D eigenvalue weighted by Crippen LogP contribution is -2.31. The fourth-order valence-corrected chi connectivity index (χ4v) is 3.65. The number of nitrogens with one attached hydrogen (secondary N) is 1. The molecule has 1 unspecified atom stereocenters. The van der Waals surface area contributed by atoms with Crippen LogP contribution < -0.4 is 5.32 Å². The summed E-state index contributed by atoms with van der Waals surface area (Å²) in [5.41, 5.74) is 1.98. The van der Waals surface area contributed by atoms with Crippen molar-refractivity contribution in [2.75, 3.05) is 5.32 Å². The lowest BCUT2D eigenvalue weighted by molar-refractivity contribution is -0.192. The fourth-order valence-electron chi connectivity index (χ4n) is 3.65. The number of carbonyl (C=O) groups is 1. The standard InChI is InChI=1S/C20H19F2N5.C2HF3O2/c21-13-3-5-15(16(22)7-13)18-10-27-9-14(4-6-20(27)26-18)25-19-8-17(12-1-2-12)23-11-24-19;3-2(4,5)1(6)7/h3,5,7-8,10-12,14H,1-2,4,6,9H2,(H,23,24,25);(H,6,7). The Morgan fingerprint density at radius 3 is 2.50 bits per heavy atom. The number of hydrogen-bond acceptors (Lipinski definition) is 5. The Hall–Kier alpha value is -3.57. The van der Waals surface area contributed by atoms with Gasteiger partial charge in [-0.1, -0.05) is 0 Å². The average molecular weight is 481 g/mol. The second-order valence-electron chi connectivity index (χ2n) is 8.10. The summed E-state index contributed by atoms with van der Waals surface area (Å²) in [5, 5.41) is 10.6. The summed E-state index contributed by atoms with van der Waals surface area (Å²) < 4.78 is 61.0. The number of carboxylic acid groups (broad SMARTS) is 1. The van der Waals surface area contributed by atoms with Crippen LogP contribution in [0.15, 0.2) is 36.8 Å². The molecule has 1 aromatic carbocycles. The molecule has 34 heavy (non-hydrogen) atoms. The van der Waals surface area contributed by atoms with Gasteiger partial charge in [0.15, 0.2) is 0 Å². The van der Waals surface area contributed by atoms with Crippen LogP contribution in [-0.2, 0) is 17.8 Å². The highest BCUT2D eigenvalue weighted by atomic mass is 19.4. The van der Waals surface area contributed by atoms with Gasteiger partial charge in [0.25, 0.3) is 0 Å². The zero-order valence-corrected chi connectivity index (χ0v) is 17.7. The van der Waals surface area contributed by atoms with Gasteiger partial charge in [-0.15, -0.1) is 0 Å². The van der Waals surface area contributed by atoms with E-state index in [2.05, 4.69) is 20.3 Å². The van der Waals surface area contributed by atoms with Crippen molar-refractivity contribution in [3.63, 3.8) is 0 Å². The van der Waals surface area contributed by atoms with Crippen LogP contribution in [0.4, 0.5) is 27.8 Å². The first-order chi connectivity index (χ1) is 16.1. The van der Waals surface area contributed by atoms with Crippen molar-refractivity contribution in [3.8, 4) is 11.3 Å². The summed E-state index contributed by atoms with van der Waals surface area (Å²) in [6, 6.07) is 5.85. The second kappa shape index (κ2) is 9.35. The summed E-state index contributed by atoms with van der Waals surface area (Å²) in [6.45, 7) is 0.730. The van der Waals surface area contributed by atoms with E-state index in [1.807, 2.05) is 16.8 Å². The zero-order valence-electron chi connectivity index (χ0n) is 17.7. The van der Waals surface area contributed by atoms with Gasteiger partial charge in [0.2, 0.25) is 0 Å². The third-order valence-electron chi connectivity index (χ3n) is 5.48. The molecular formula is C22H20F5N5O2. The molecule has 0 spiro atoms. The summed E-state index contributed by atoms with van der Waals surface area (Å²) in [5.74, 6) is -1.56. The van der Waals surface area contributed by atoms with E-state index in [9.17, 15) is 22.0 Å². The van der Waals surface area contributed by atoms with E-state index < -0.39 is 23.8 Å². The predicted octanol–water partition coefficient (Wildman–Crippen LogP) is 4.56. The molecule has 1 atom stereocenters. The van der Waals surface area contributed by atoms with Crippen LogP contribution >= 0.6 is 0 Å². The van der Waals surface area contributed by atoms with Crippen molar-refractivity contribution >= 4 is 11.8 Å². The van der Waals surface area contributed by atoms with Gasteiger partial charge in [0.05, 0.1) is 5.69 Å². The van der Waals surface area contributed by atoms with Gasteiger partial charge in [-0.2, -0.15) is 13.2 Å². The van der Waals surface area contributed by atoms with Crippen molar-refractivity contribution < 1.29 is 31.9 Å². The number of hydrogen-bond donors (Lipinski definition) is 2. The van der Waals surface area contributed by atoms with Gasteiger partial charge in [-0.3, -0.25) is 0 Å². The van der Waals surface area contributed by atoms with E-state index in [-0.39, 0.29) is 6.04 Å². The van der Waals surface area contributed by atoms with Crippen molar-refractivity contribution in [2.45, 2.75) is 50.4 Å². The number of rotatable bonds is 4. The number of anilines is 1. The third kappa shape index (κ3) is 5.67. The smallest absolute Gasteiger partial charge is 0.475 e. The highest BCUT2D eigenvalue weighted by Gasteiger charge is 2.38. The number of imidazole rings is 1.